The Kier molecular flexibility index (Phi) is 6.74. The van der Waals surface area contributed by atoms with Crippen molar-refractivity contribution in [3.05, 3.63) is 71.4 Å². The second-order valence-corrected chi connectivity index (χ2v) is 7.58. The van der Waals surface area contributed by atoms with Crippen molar-refractivity contribution in [1.82, 2.24) is 9.78 Å². The van der Waals surface area contributed by atoms with Gasteiger partial charge in [0.25, 0.3) is 5.91 Å². The molecular formula is C22H24ClN5O2. The van der Waals surface area contributed by atoms with E-state index >= 15 is 0 Å². The predicted octanol–water partition coefficient (Wildman–Crippen LogP) is 4.81. The van der Waals surface area contributed by atoms with Gasteiger partial charge in [0.05, 0.1) is 6.20 Å². The van der Waals surface area contributed by atoms with Crippen LogP contribution in [0.1, 0.15) is 37.2 Å². The summed E-state index contributed by atoms with van der Waals surface area (Å²) in [6.07, 6.45) is 1.66. The number of halogens is 1. The Bertz CT molecular complexity index is 1010. The summed E-state index contributed by atoms with van der Waals surface area (Å²) >= 11 is 5.85. The third-order valence-electron chi connectivity index (χ3n) is 4.44. The number of aromatic nitrogens is 2. The van der Waals surface area contributed by atoms with Crippen LogP contribution in [0.25, 0.3) is 0 Å². The minimum absolute atomic E-state index is 0.147. The number of hydrogen-bond acceptors (Lipinski definition) is 4. The Morgan fingerprint density at radius 3 is 2.17 bits per heavy atom. The maximum absolute atomic E-state index is 12.5. The lowest BCUT2D eigenvalue weighted by Gasteiger charge is -2.17. The number of benzene rings is 2. The molecule has 0 aliphatic heterocycles. The lowest BCUT2D eigenvalue weighted by atomic mass is 10.2. The fourth-order valence-corrected chi connectivity index (χ4v) is 2.96. The average Bonchev–Trinajstić information content (AvgIpc) is 3.18. The van der Waals surface area contributed by atoms with Crippen molar-refractivity contribution in [3.63, 3.8) is 0 Å². The first kappa shape index (κ1) is 21.4. The smallest absolute Gasteiger partial charge is 0.255 e. The van der Waals surface area contributed by atoms with E-state index in [1.807, 2.05) is 13.8 Å². The molecule has 2 aromatic carbocycles. The summed E-state index contributed by atoms with van der Waals surface area (Å²) in [6.45, 7) is 5.77. The van der Waals surface area contributed by atoms with Gasteiger partial charge in [-0.3, -0.25) is 9.59 Å². The Hall–Kier alpha value is -3.32. The highest BCUT2D eigenvalue weighted by molar-refractivity contribution is 6.30. The van der Waals surface area contributed by atoms with E-state index < -0.39 is 6.04 Å². The number of nitrogens with zero attached hydrogens (tertiary/aromatic N) is 2. The van der Waals surface area contributed by atoms with Crippen molar-refractivity contribution in [2.24, 2.45) is 0 Å². The molecule has 0 saturated heterocycles. The summed E-state index contributed by atoms with van der Waals surface area (Å²) in [5.74, 6) is 0.267. The Morgan fingerprint density at radius 2 is 1.53 bits per heavy atom. The molecule has 0 aliphatic rings. The van der Waals surface area contributed by atoms with Crippen molar-refractivity contribution >= 4 is 40.6 Å². The number of nitrogens with one attached hydrogen (secondary N) is 3. The predicted molar refractivity (Wildman–Crippen MR) is 120 cm³/mol. The van der Waals surface area contributed by atoms with Gasteiger partial charge < -0.3 is 16.0 Å². The molecule has 0 bridgehead atoms. The molecule has 1 unspecified atom stereocenters. The van der Waals surface area contributed by atoms with Gasteiger partial charge in [-0.15, -0.1) is 0 Å². The van der Waals surface area contributed by atoms with Crippen molar-refractivity contribution in [2.45, 2.75) is 32.9 Å². The first-order valence-electron chi connectivity index (χ1n) is 9.61. The van der Waals surface area contributed by atoms with Crippen LogP contribution in [0.5, 0.6) is 0 Å². The molecule has 3 N–H and O–H groups in total. The van der Waals surface area contributed by atoms with Crippen molar-refractivity contribution in [3.8, 4) is 0 Å². The number of rotatable bonds is 7. The number of anilines is 3. The number of hydrogen-bond donors (Lipinski definition) is 3. The summed E-state index contributed by atoms with van der Waals surface area (Å²) < 4.78 is 1.75. The second-order valence-electron chi connectivity index (χ2n) is 7.15. The molecule has 1 aromatic heterocycles. The van der Waals surface area contributed by atoms with E-state index in [9.17, 15) is 9.59 Å². The minimum atomic E-state index is -0.463. The topological polar surface area (TPSA) is 88.0 Å². The normalized spacial score (nSPS) is 11.8. The van der Waals surface area contributed by atoms with E-state index in [4.69, 9.17) is 11.6 Å². The van der Waals surface area contributed by atoms with E-state index in [1.54, 1.807) is 72.4 Å². The zero-order valence-electron chi connectivity index (χ0n) is 17.0. The van der Waals surface area contributed by atoms with Gasteiger partial charge >= 0.3 is 0 Å². The third-order valence-corrected chi connectivity index (χ3v) is 4.69. The summed E-state index contributed by atoms with van der Waals surface area (Å²) in [7, 11) is 0. The molecular weight excluding hydrogens is 402 g/mol. The third kappa shape index (κ3) is 5.39. The molecule has 0 aliphatic carbocycles. The minimum Gasteiger partial charge on any atom is -0.374 e. The molecule has 7 nitrogen and oxygen atoms in total. The van der Waals surface area contributed by atoms with E-state index in [2.05, 4.69) is 21.0 Å². The molecule has 2 amide bonds. The highest BCUT2D eigenvalue weighted by Gasteiger charge is 2.16. The maximum Gasteiger partial charge on any atom is 0.255 e. The summed E-state index contributed by atoms with van der Waals surface area (Å²) in [5, 5.41) is 13.7. The van der Waals surface area contributed by atoms with E-state index in [1.165, 1.54) is 0 Å². The summed E-state index contributed by atoms with van der Waals surface area (Å²) in [6, 6.07) is 15.3. The van der Waals surface area contributed by atoms with Gasteiger partial charge in [-0.1, -0.05) is 11.6 Å². The van der Waals surface area contributed by atoms with Crippen molar-refractivity contribution in [2.75, 3.05) is 16.0 Å². The van der Waals surface area contributed by atoms with Gasteiger partial charge in [-0.2, -0.15) is 5.10 Å². The first-order valence-corrected chi connectivity index (χ1v) is 9.99. The number of amides is 2. The molecule has 0 fully saturated rings. The molecule has 3 aromatic rings. The molecule has 8 heteroatoms. The van der Waals surface area contributed by atoms with Crippen molar-refractivity contribution in [1.29, 1.82) is 0 Å². The van der Waals surface area contributed by atoms with Crippen LogP contribution in [0.4, 0.5) is 17.2 Å². The highest BCUT2D eigenvalue weighted by Crippen LogP contribution is 2.18. The Morgan fingerprint density at radius 1 is 0.900 bits per heavy atom. The SMILES string of the molecule is CC(Nc1ccc(NC(=O)c2ccc(Cl)cc2)cc1)C(=O)Nc1ccnn1C(C)C. The monoisotopic (exact) mass is 425 g/mol. The zero-order valence-corrected chi connectivity index (χ0v) is 17.8. The van der Waals surface area contributed by atoms with Gasteiger partial charge in [0.15, 0.2) is 0 Å². The van der Waals surface area contributed by atoms with Crippen molar-refractivity contribution < 1.29 is 9.59 Å². The fraction of sp³-hybridized carbons (Fsp3) is 0.227. The van der Waals surface area contributed by atoms with E-state index in [0.29, 0.717) is 22.1 Å². The first-order chi connectivity index (χ1) is 14.3. The largest absolute Gasteiger partial charge is 0.374 e. The lowest BCUT2D eigenvalue weighted by Crippen LogP contribution is -2.32. The molecule has 0 spiro atoms. The van der Waals surface area contributed by atoms with Crippen LogP contribution in [0, 0.1) is 0 Å². The molecule has 1 atom stereocenters. The van der Waals surface area contributed by atoms with E-state index in [0.717, 1.165) is 5.69 Å². The molecule has 1 heterocycles. The van der Waals surface area contributed by atoms with Gasteiger partial charge in [-0.05, 0) is 69.3 Å². The molecule has 0 radical (unpaired) electrons. The van der Waals surface area contributed by atoms with Crippen LogP contribution >= 0.6 is 11.6 Å². The maximum atomic E-state index is 12.5. The van der Waals surface area contributed by atoms with Gasteiger partial charge in [0.1, 0.15) is 11.9 Å². The Balaban J connectivity index is 1.56. The van der Waals surface area contributed by atoms with Crippen LogP contribution in [0.3, 0.4) is 0 Å². The Labute approximate surface area is 180 Å². The lowest BCUT2D eigenvalue weighted by molar-refractivity contribution is -0.116. The zero-order chi connectivity index (χ0) is 21.7. The van der Waals surface area contributed by atoms with Crippen LogP contribution in [-0.4, -0.2) is 27.6 Å². The van der Waals surface area contributed by atoms with Gasteiger partial charge in [0.2, 0.25) is 5.91 Å². The number of carbonyl (C=O) groups excluding carboxylic acids is 2. The van der Waals surface area contributed by atoms with Crippen LogP contribution in [0.15, 0.2) is 60.8 Å². The molecule has 0 saturated carbocycles. The quantitative estimate of drug-likeness (QED) is 0.507. The molecule has 156 valence electrons. The van der Waals surface area contributed by atoms with E-state index in [-0.39, 0.29) is 17.9 Å². The summed E-state index contributed by atoms with van der Waals surface area (Å²) in [5.41, 5.74) is 1.94. The second kappa shape index (κ2) is 9.45. The van der Waals surface area contributed by atoms with Crippen LogP contribution in [0.2, 0.25) is 5.02 Å². The van der Waals surface area contributed by atoms with Crippen LogP contribution < -0.4 is 16.0 Å². The van der Waals surface area contributed by atoms with Gasteiger partial charge in [0, 0.05) is 34.1 Å². The summed E-state index contributed by atoms with van der Waals surface area (Å²) in [4.78, 5) is 24.8. The van der Waals surface area contributed by atoms with Crippen LogP contribution in [-0.2, 0) is 4.79 Å². The average molecular weight is 426 g/mol. The highest BCUT2D eigenvalue weighted by atomic mass is 35.5. The molecule has 3 rings (SSSR count). The standard InChI is InChI=1S/C22H24ClN5O2/c1-14(2)28-20(12-13-24-28)27-21(29)15(3)25-18-8-10-19(11-9-18)26-22(30)16-4-6-17(23)7-5-16/h4-15,25H,1-3H3,(H,26,30)(H,27,29). The van der Waals surface area contributed by atoms with Gasteiger partial charge in [-0.25, -0.2) is 4.68 Å². The number of carbonyl (C=O) groups is 2. The fourth-order valence-electron chi connectivity index (χ4n) is 2.83. The molecule has 30 heavy (non-hydrogen) atoms.